The Labute approximate surface area is 100 Å². The van der Waals surface area contributed by atoms with Crippen LogP contribution in [-0.4, -0.2) is 22.4 Å². The van der Waals surface area contributed by atoms with Crippen LogP contribution in [0.1, 0.15) is 39.7 Å². The van der Waals surface area contributed by atoms with Gasteiger partial charge < -0.3 is 5.32 Å². The topological polar surface area (TPSA) is 29.9 Å². The molecule has 0 aliphatic carbocycles. The largest absolute Gasteiger partial charge is 0.315 e. The molecule has 1 aromatic heterocycles. The highest BCUT2D eigenvalue weighted by Crippen LogP contribution is 2.15. The molecule has 1 aromatic rings. The maximum Gasteiger partial charge on any atom is 0.0632 e. The number of halogens is 1. The van der Waals surface area contributed by atoms with Crippen LogP contribution in [0.25, 0.3) is 0 Å². The Hall–Kier alpha value is -0.350. The average Bonchev–Trinajstić information content (AvgIpc) is 2.59. The minimum absolute atomic E-state index is 0.477. The molecule has 4 heteroatoms. The Morgan fingerprint density at radius 2 is 2.20 bits per heavy atom. The highest BCUT2D eigenvalue weighted by Gasteiger charge is 2.05. The van der Waals surface area contributed by atoms with E-state index in [1.54, 1.807) is 0 Å². The first-order chi connectivity index (χ1) is 7.09. The van der Waals surface area contributed by atoms with E-state index in [9.17, 15) is 0 Å². The zero-order valence-corrected chi connectivity index (χ0v) is 11.3. The zero-order chi connectivity index (χ0) is 11.3. The molecule has 0 radical (unpaired) electrons. The summed E-state index contributed by atoms with van der Waals surface area (Å²) >= 11 is 3.41. The summed E-state index contributed by atoms with van der Waals surface area (Å²) in [5.74, 6) is 0. The lowest BCUT2D eigenvalue weighted by Gasteiger charge is -2.13. The summed E-state index contributed by atoms with van der Waals surface area (Å²) in [5.41, 5.74) is 0. The van der Waals surface area contributed by atoms with Gasteiger partial charge in [0.1, 0.15) is 0 Å². The summed E-state index contributed by atoms with van der Waals surface area (Å²) in [7, 11) is 0. The maximum atomic E-state index is 4.28. The summed E-state index contributed by atoms with van der Waals surface area (Å²) in [6.07, 6.45) is 6.22. The molecule has 0 saturated heterocycles. The van der Waals surface area contributed by atoms with Crippen molar-refractivity contribution < 1.29 is 0 Å². The van der Waals surface area contributed by atoms with Crippen molar-refractivity contribution in [2.45, 2.75) is 45.7 Å². The van der Waals surface area contributed by atoms with Gasteiger partial charge in [-0.05, 0) is 42.2 Å². The molecule has 1 rings (SSSR count). The number of hydrogen-bond donors (Lipinski definition) is 1. The van der Waals surface area contributed by atoms with Crippen molar-refractivity contribution in [3.63, 3.8) is 0 Å². The SMILES string of the molecule is CC(C)NCCCC(C)n1cc(Br)cn1. The van der Waals surface area contributed by atoms with E-state index in [1.807, 2.05) is 17.1 Å². The fraction of sp³-hybridized carbons (Fsp3) is 0.727. The van der Waals surface area contributed by atoms with Crippen LogP contribution in [0.5, 0.6) is 0 Å². The first-order valence-corrected chi connectivity index (χ1v) is 6.32. The predicted octanol–water partition coefficient (Wildman–Crippen LogP) is 2.98. The van der Waals surface area contributed by atoms with E-state index in [-0.39, 0.29) is 0 Å². The summed E-state index contributed by atoms with van der Waals surface area (Å²) in [4.78, 5) is 0. The lowest BCUT2D eigenvalue weighted by atomic mass is 10.2. The van der Waals surface area contributed by atoms with Gasteiger partial charge in [-0.2, -0.15) is 5.10 Å². The Kier molecular flexibility index (Phi) is 5.32. The van der Waals surface area contributed by atoms with E-state index < -0.39 is 0 Å². The third kappa shape index (κ3) is 4.80. The second kappa shape index (κ2) is 6.28. The molecule has 86 valence electrons. The van der Waals surface area contributed by atoms with E-state index >= 15 is 0 Å². The van der Waals surface area contributed by atoms with Crippen LogP contribution in [-0.2, 0) is 0 Å². The Bertz CT molecular complexity index is 283. The molecular weight excluding hydrogens is 254 g/mol. The minimum atomic E-state index is 0.477. The Morgan fingerprint density at radius 1 is 1.47 bits per heavy atom. The van der Waals surface area contributed by atoms with Crippen LogP contribution in [0.15, 0.2) is 16.9 Å². The second-order valence-corrected chi connectivity index (χ2v) is 5.15. The van der Waals surface area contributed by atoms with Crippen molar-refractivity contribution in [3.8, 4) is 0 Å². The molecule has 1 heterocycles. The fourth-order valence-corrected chi connectivity index (χ4v) is 1.78. The first kappa shape index (κ1) is 12.7. The van der Waals surface area contributed by atoms with Crippen molar-refractivity contribution in [1.82, 2.24) is 15.1 Å². The molecule has 0 bridgehead atoms. The van der Waals surface area contributed by atoms with Gasteiger partial charge in [0.05, 0.1) is 10.7 Å². The number of rotatable bonds is 6. The molecule has 0 aliphatic rings. The molecule has 1 unspecified atom stereocenters. The highest BCUT2D eigenvalue weighted by atomic mass is 79.9. The zero-order valence-electron chi connectivity index (χ0n) is 9.70. The lowest BCUT2D eigenvalue weighted by molar-refractivity contribution is 0.432. The first-order valence-electron chi connectivity index (χ1n) is 5.52. The monoisotopic (exact) mass is 273 g/mol. The normalized spacial score (nSPS) is 13.4. The van der Waals surface area contributed by atoms with Gasteiger partial charge in [-0.15, -0.1) is 0 Å². The molecule has 0 spiro atoms. The third-order valence-corrected chi connectivity index (χ3v) is 2.78. The van der Waals surface area contributed by atoms with Crippen LogP contribution in [0.2, 0.25) is 0 Å². The number of hydrogen-bond acceptors (Lipinski definition) is 2. The van der Waals surface area contributed by atoms with Gasteiger partial charge in [0.2, 0.25) is 0 Å². The molecule has 0 aromatic carbocycles. The van der Waals surface area contributed by atoms with Gasteiger partial charge in [-0.25, -0.2) is 0 Å². The predicted molar refractivity (Wildman–Crippen MR) is 67.0 cm³/mol. The molecular formula is C11H20BrN3. The van der Waals surface area contributed by atoms with Crippen LogP contribution in [0.3, 0.4) is 0 Å². The van der Waals surface area contributed by atoms with Gasteiger partial charge >= 0.3 is 0 Å². The average molecular weight is 274 g/mol. The summed E-state index contributed by atoms with van der Waals surface area (Å²) in [6, 6.07) is 1.06. The number of nitrogens with one attached hydrogen (secondary N) is 1. The standard InChI is InChI=1S/C11H20BrN3/c1-9(2)13-6-4-5-10(3)15-8-11(12)7-14-15/h7-10,13H,4-6H2,1-3H3. The van der Waals surface area contributed by atoms with E-state index in [0.29, 0.717) is 12.1 Å². The van der Waals surface area contributed by atoms with Crippen LogP contribution >= 0.6 is 15.9 Å². The third-order valence-electron chi connectivity index (χ3n) is 2.37. The quantitative estimate of drug-likeness (QED) is 0.808. The van der Waals surface area contributed by atoms with Crippen LogP contribution < -0.4 is 5.32 Å². The smallest absolute Gasteiger partial charge is 0.0632 e. The van der Waals surface area contributed by atoms with Crippen LogP contribution in [0, 0.1) is 0 Å². The molecule has 3 nitrogen and oxygen atoms in total. The van der Waals surface area contributed by atoms with Gasteiger partial charge in [0.25, 0.3) is 0 Å². The molecule has 1 N–H and O–H groups in total. The fourth-order valence-electron chi connectivity index (χ4n) is 1.48. The number of aromatic nitrogens is 2. The summed E-state index contributed by atoms with van der Waals surface area (Å²) in [6.45, 7) is 7.64. The minimum Gasteiger partial charge on any atom is -0.315 e. The molecule has 15 heavy (non-hydrogen) atoms. The molecule has 1 atom stereocenters. The highest BCUT2D eigenvalue weighted by molar-refractivity contribution is 9.10. The van der Waals surface area contributed by atoms with Crippen LogP contribution in [0.4, 0.5) is 0 Å². The van der Waals surface area contributed by atoms with E-state index in [4.69, 9.17) is 0 Å². The molecule has 0 amide bonds. The Balaban J connectivity index is 2.21. The molecule has 0 fully saturated rings. The van der Waals surface area contributed by atoms with Crippen molar-refractivity contribution in [1.29, 1.82) is 0 Å². The van der Waals surface area contributed by atoms with Gasteiger partial charge in [0.15, 0.2) is 0 Å². The van der Waals surface area contributed by atoms with E-state index in [0.717, 1.165) is 17.4 Å². The number of nitrogens with zero attached hydrogens (tertiary/aromatic N) is 2. The summed E-state index contributed by atoms with van der Waals surface area (Å²) in [5, 5.41) is 7.70. The second-order valence-electron chi connectivity index (χ2n) is 4.24. The van der Waals surface area contributed by atoms with Gasteiger partial charge in [-0.3, -0.25) is 4.68 Å². The summed E-state index contributed by atoms with van der Waals surface area (Å²) < 4.78 is 3.06. The molecule has 0 saturated carbocycles. The van der Waals surface area contributed by atoms with Crippen molar-refractivity contribution in [2.24, 2.45) is 0 Å². The van der Waals surface area contributed by atoms with Crippen molar-refractivity contribution in [2.75, 3.05) is 6.54 Å². The van der Waals surface area contributed by atoms with Crippen molar-refractivity contribution in [3.05, 3.63) is 16.9 Å². The van der Waals surface area contributed by atoms with Gasteiger partial charge in [0, 0.05) is 18.3 Å². The van der Waals surface area contributed by atoms with E-state index in [2.05, 4.69) is 47.1 Å². The Morgan fingerprint density at radius 3 is 2.73 bits per heavy atom. The molecule has 0 aliphatic heterocycles. The van der Waals surface area contributed by atoms with Gasteiger partial charge in [-0.1, -0.05) is 13.8 Å². The van der Waals surface area contributed by atoms with Crippen molar-refractivity contribution >= 4 is 15.9 Å². The van der Waals surface area contributed by atoms with E-state index in [1.165, 1.54) is 6.42 Å². The maximum absolute atomic E-state index is 4.28. The lowest BCUT2D eigenvalue weighted by Crippen LogP contribution is -2.24.